The lowest BCUT2D eigenvalue weighted by atomic mass is 9.86. The first kappa shape index (κ1) is 20.9. The highest BCUT2D eigenvalue weighted by Gasteiger charge is 2.19. The van der Waals surface area contributed by atoms with Crippen molar-refractivity contribution in [2.75, 3.05) is 5.32 Å². The third-order valence-corrected chi connectivity index (χ3v) is 5.37. The molecule has 3 aromatic rings. The van der Waals surface area contributed by atoms with E-state index in [1.54, 1.807) is 0 Å². The molecule has 0 saturated heterocycles. The van der Waals surface area contributed by atoms with Crippen LogP contribution in [-0.2, 0) is 11.8 Å². The number of hydrogen-bond donors (Lipinski definition) is 1. The van der Waals surface area contributed by atoms with E-state index in [9.17, 15) is 4.79 Å². The first-order chi connectivity index (χ1) is 13.9. The first-order valence-electron chi connectivity index (χ1n) is 10.4. The van der Waals surface area contributed by atoms with Crippen LogP contribution in [-0.4, -0.2) is 5.78 Å². The number of carbonyl (C=O) groups is 1. The van der Waals surface area contributed by atoms with Gasteiger partial charge in [0.1, 0.15) is 0 Å². The summed E-state index contributed by atoms with van der Waals surface area (Å²) < 4.78 is 0. The zero-order valence-corrected chi connectivity index (χ0v) is 17.9. The van der Waals surface area contributed by atoms with Crippen molar-refractivity contribution < 1.29 is 4.79 Å². The fourth-order valence-corrected chi connectivity index (χ4v) is 3.43. The summed E-state index contributed by atoms with van der Waals surface area (Å²) in [7, 11) is 0. The van der Waals surface area contributed by atoms with Crippen LogP contribution in [0.1, 0.15) is 67.2 Å². The molecule has 0 aromatic heterocycles. The third kappa shape index (κ3) is 5.57. The number of carbonyl (C=O) groups excluding carboxylic acids is 1. The second kappa shape index (κ2) is 9.09. The number of anilines is 1. The summed E-state index contributed by atoms with van der Waals surface area (Å²) in [4.78, 5) is 13.1. The standard InChI is InChI=1S/C27H31NO/c1-5-20-11-13-21(14-12-20)25(28-24-9-7-6-8-10-24)19-26(29)22-15-17-23(18-16-22)27(2,3)4/h6-18,25,28H,5,19H2,1-4H3/t25-/m1/s1. The van der Waals surface area contributed by atoms with Crippen molar-refractivity contribution in [3.8, 4) is 0 Å². The third-order valence-electron chi connectivity index (χ3n) is 5.37. The molecule has 0 fully saturated rings. The predicted octanol–water partition coefficient (Wildman–Crippen LogP) is 6.97. The lowest BCUT2D eigenvalue weighted by Gasteiger charge is -2.21. The number of benzene rings is 3. The van der Waals surface area contributed by atoms with Gasteiger partial charge in [0, 0.05) is 17.7 Å². The molecular formula is C27H31NO. The Kier molecular flexibility index (Phi) is 6.53. The summed E-state index contributed by atoms with van der Waals surface area (Å²) in [6.07, 6.45) is 1.42. The Bertz CT molecular complexity index is 919. The Morgan fingerprint density at radius 3 is 2.03 bits per heavy atom. The minimum Gasteiger partial charge on any atom is -0.378 e. The van der Waals surface area contributed by atoms with E-state index in [1.165, 1.54) is 11.1 Å². The molecule has 3 aromatic carbocycles. The van der Waals surface area contributed by atoms with Crippen molar-refractivity contribution in [2.45, 2.75) is 52.0 Å². The molecule has 150 valence electrons. The van der Waals surface area contributed by atoms with E-state index in [4.69, 9.17) is 0 Å². The number of hydrogen-bond acceptors (Lipinski definition) is 2. The molecule has 1 atom stereocenters. The van der Waals surface area contributed by atoms with Crippen molar-refractivity contribution in [2.24, 2.45) is 0 Å². The van der Waals surface area contributed by atoms with Crippen LogP contribution in [0.15, 0.2) is 78.9 Å². The fraction of sp³-hybridized carbons (Fsp3) is 0.296. The van der Waals surface area contributed by atoms with Crippen molar-refractivity contribution in [1.29, 1.82) is 0 Å². The van der Waals surface area contributed by atoms with Crippen molar-refractivity contribution in [3.63, 3.8) is 0 Å². The van der Waals surface area contributed by atoms with Crippen molar-refractivity contribution in [3.05, 3.63) is 101 Å². The van der Waals surface area contributed by atoms with Crippen LogP contribution in [0, 0.1) is 0 Å². The molecule has 3 rings (SSSR count). The van der Waals surface area contributed by atoms with E-state index in [0.717, 1.165) is 23.2 Å². The lowest BCUT2D eigenvalue weighted by Crippen LogP contribution is -2.16. The average Bonchev–Trinajstić information content (AvgIpc) is 2.73. The number of nitrogens with one attached hydrogen (secondary N) is 1. The molecule has 1 N–H and O–H groups in total. The summed E-state index contributed by atoms with van der Waals surface area (Å²) in [6.45, 7) is 8.70. The molecule has 0 aliphatic rings. The molecule has 2 nitrogen and oxygen atoms in total. The minimum atomic E-state index is -0.0712. The van der Waals surface area contributed by atoms with E-state index in [2.05, 4.69) is 69.4 Å². The predicted molar refractivity (Wildman–Crippen MR) is 123 cm³/mol. The fourth-order valence-electron chi connectivity index (χ4n) is 3.43. The molecule has 0 aliphatic heterocycles. The minimum absolute atomic E-state index is 0.0712. The topological polar surface area (TPSA) is 29.1 Å². The van der Waals surface area contributed by atoms with Gasteiger partial charge < -0.3 is 5.32 Å². The van der Waals surface area contributed by atoms with Gasteiger partial charge in [0.15, 0.2) is 5.78 Å². The number of ketones is 1. The molecule has 0 saturated carbocycles. The van der Waals surface area contributed by atoms with E-state index in [0.29, 0.717) is 6.42 Å². The molecule has 29 heavy (non-hydrogen) atoms. The maximum Gasteiger partial charge on any atom is 0.165 e. The second-order valence-corrected chi connectivity index (χ2v) is 8.61. The Hall–Kier alpha value is -2.87. The molecule has 0 unspecified atom stereocenters. The van der Waals surface area contributed by atoms with Crippen LogP contribution < -0.4 is 5.32 Å². The number of aryl methyl sites for hydroxylation is 1. The molecule has 0 radical (unpaired) electrons. The smallest absolute Gasteiger partial charge is 0.165 e. The monoisotopic (exact) mass is 385 g/mol. The lowest BCUT2D eigenvalue weighted by molar-refractivity contribution is 0.0976. The highest BCUT2D eigenvalue weighted by Crippen LogP contribution is 2.27. The first-order valence-corrected chi connectivity index (χ1v) is 10.4. The van der Waals surface area contributed by atoms with Crippen molar-refractivity contribution in [1.82, 2.24) is 0 Å². The molecule has 0 amide bonds. The molecule has 0 spiro atoms. The van der Waals surface area contributed by atoms with Gasteiger partial charge in [-0.3, -0.25) is 4.79 Å². The number of para-hydroxylation sites is 1. The van der Waals surface area contributed by atoms with Gasteiger partial charge in [-0.05, 0) is 40.7 Å². The summed E-state index contributed by atoms with van der Waals surface area (Å²) >= 11 is 0. The van der Waals surface area contributed by atoms with Crippen LogP contribution in [0.4, 0.5) is 5.69 Å². The molecular weight excluding hydrogens is 354 g/mol. The maximum absolute atomic E-state index is 13.1. The normalized spacial score (nSPS) is 12.4. The van der Waals surface area contributed by atoms with Crippen LogP contribution in [0.2, 0.25) is 0 Å². The molecule has 0 heterocycles. The van der Waals surface area contributed by atoms with Crippen LogP contribution in [0.3, 0.4) is 0 Å². The SMILES string of the molecule is CCc1ccc([C@@H](CC(=O)c2ccc(C(C)(C)C)cc2)Nc2ccccc2)cc1. The van der Waals surface area contributed by atoms with Crippen LogP contribution >= 0.6 is 0 Å². The number of rotatable bonds is 7. The maximum atomic E-state index is 13.1. The van der Waals surface area contributed by atoms with E-state index in [-0.39, 0.29) is 17.2 Å². The Balaban J connectivity index is 1.82. The van der Waals surface area contributed by atoms with E-state index < -0.39 is 0 Å². The quantitative estimate of drug-likeness (QED) is 0.445. The average molecular weight is 386 g/mol. The van der Waals surface area contributed by atoms with E-state index in [1.807, 2.05) is 42.5 Å². The summed E-state index contributed by atoms with van der Waals surface area (Å²) in [5, 5.41) is 3.55. The Morgan fingerprint density at radius 2 is 1.48 bits per heavy atom. The summed E-state index contributed by atoms with van der Waals surface area (Å²) in [5.41, 5.74) is 5.54. The number of Topliss-reactive ketones (excluding diaryl/α,β-unsaturated/α-hetero) is 1. The molecule has 2 heteroatoms. The van der Waals surface area contributed by atoms with Gasteiger partial charge in [0.25, 0.3) is 0 Å². The molecule has 0 bridgehead atoms. The van der Waals surface area contributed by atoms with Crippen molar-refractivity contribution >= 4 is 11.5 Å². The van der Waals surface area contributed by atoms with Gasteiger partial charge in [-0.2, -0.15) is 0 Å². The van der Waals surface area contributed by atoms with Crippen LogP contribution in [0.25, 0.3) is 0 Å². The van der Waals surface area contributed by atoms with Gasteiger partial charge in [0.05, 0.1) is 6.04 Å². The largest absolute Gasteiger partial charge is 0.378 e. The highest BCUT2D eigenvalue weighted by molar-refractivity contribution is 5.96. The Morgan fingerprint density at radius 1 is 0.862 bits per heavy atom. The second-order valence-electron chi connectivity index (χ2n) is 8.61. The zero-order chi connectivity index (χ0) is 20.9. The Labute approximate surface area is 175 Å². The highest BCUT2D eigenvalue weighted by atomic mass is 16.1. The van der Waals surface area contributed by atoms with Crippen LogP contribution in [0.5, 0.6) is 0 Å². The van der Waals surface area contributed by atoms with Gasteiger partial charge in [-0.25, -0.2) is 0 Å². The van der Waals surface area contributed by atoms with Gasteiger partial charge in [-0.1, -0.05) is 94.4 Å². The van der Waals surface area contributed by atoms with E-state index >= 15 is 0 Å². The summed E-state index contributed by atoms with van der Waals surface area (Å²) in [5.74, 6) is 0.151. The molecule has 0 aliphatic carbocycles. The summed E-state index contributed by atoms with van der Waals surface area (Å²) in [6, 6.07) is 26.7. The zero-order valence-electron chi connectivity index (χ0n) is 17.9. The van der Waals surface area contributed by atoms with Gasteiger partial charge in [-0.15, -0.1) is 0 Å². The van der Waals surface area contributed by atoms with Gasteiger partial charge >= 0.3 is 0 Å². The van der Waals surface area contributed by atoms with Gasteiger partial charge in [0.2, 0.25) is 0 Å².